The summed E-state index contributed by atoms with van der Waals surface area (Å²) in [5.41, 5.74) is 0. The summed E-state index contributed by atoms with van der Waals surface area (Å²) in [6.07, 6.45) is -5.09. The maximum atomic E-state index is 10.7. The van der Waals surface area contributed by atoms with Crippen molar-refractivity contribution in [1.29, 1.82) is 0 Å². The van der Waals surface area contributed by atoms with E-state index in [1.807, 2.05) is 0 Å². The van der Waals surface area contributed by atoms with E-state index in [2.05, 4.69) is 4.18 Å². The summed E-state index contributed by atoms with van der Waals surface area (Å²) in [6.45, 7) is -3.08. The fourth-order valence-electron chi connectivity index (χ4n) is 0.0772. The topological polar surface area (TPSA) is 43.4 Å². The average molecular weight is 277 g/mol. The van der Waals surface area contributed by atoms with Crippen molar-refractivity contribution in [2.75, 3.05) is 0 Å². The number of rotatable bonds is 1. The number of halogens is 6. The van der Waals surface area contributed by atoms with Gasteiger partial charge in [-0.3, -0.25) is 0 Å². The van der Waals surface area contributed by atoms with E-state index < -0.39 is 24.0 Å². The Balaban J connectivity index is -0.000000173. The first-order chi connectivity index (χ1) is 5.15. The second kappa shape index (κ2) is 8.58. The fraction of sp³-hybridized carbons (Fsp3) is 0.500. The molecule has 84 valence electrons. The molecule has 0 radical (unpaired) electrons. The van der Waals surface area contributed by atoms with E-state index in [1.54, 1.807) is 0 Å². The predicted molar refractivity (Wildman–Crippen MR) is 22.4 cm³/mol. The minimum atomic E-state index is -5.09. The van der Waals surface area contributed by atoms with E-state index >= 15 is 0 Å². The first kappa shape index (κ1) is 18.7. The molecular formula is C2F6NiO3S. The minimum Gasteiger partial charge on any atom is -0.397 e. The molecular weight excluding hydrogens is 277 g/mol. The molecule has 0 bridgehead atoms. The zero-order valence-corrected chi connectivity index (χ0v) is 7.02. The molecule has 0 saturated heterocycles. The van der Waals surface area contributed by atoms with Crippen LogP contribution >= 0.6 is 0 Å². The maximum Gasteiger partial charge on any atom is 2.00 e. The van der Waals surface area contributed by atoms with Crippen molar-refractivity contribution in [3.8, 4) is 0 Å². The number of hydrogen-bond donors (Lipinski definition) is 0. The zero-order chi connectivity index (χ0) is 10.4. The molecule has 0 fully saturated rings. The predicted octanol–water partition coefficient (Wildman–Crippen LogP) is 2.09. The smallest absolute Gasteiger partial charge is 0.397 e. The minimum absolute atomic E-state index is 0. The van der Waals surface area contributed by atoms with Crippen LogP contribution < -0.4 is 0 Å². The van der Waals surface area contributed by atoms with Crippen molar-refractivity contribution >= 4 is 11.0 Å². The van der Waals surface area contributed by atoms with Crippen molar-refractivity contribution < 1.29 is 55.4 Å². The Morgan fingerprint density at radius 2 is 1.31 bits per heavy atom. The van der Waals surface area contributed by atoms with Crippen molar-refractivity contribution in [3.63, 3.8) is 0 Å². The molecule has 0 aliphatic carbocycles. The molecule has 0 heterocycles. The molecule has 0 aliphatic heterocycles. The molecule has 0 rings (SSSR count). The second-order valence-corrected chi connectivity index (χ2v) is 1.52. The van der Waals surface area contributed by atoms with Crippen LogP contribution in [0.3, 0.4) is 0 Å². The molecule has 0 atom stereocenters. The molecule has 0 aromatic rings. The van der Waals surface area contributed by atoms with Crippen LogP contribution in [0, 0.1) is 6.68 Å². The maximum absolute atomic E-state index is 10.7. The molecule has 0 aromatic heterocycles. The van der Waals surface area contributed by atoms with Gasteiger partial charge in [0.25, 0.3) is 0 Å². The Morgan fingerprint density at radius 3 is 1.31 bits per heavy atom. The molecule has 3 nitrogen and oxygen atoms in total. The summed E-state index contributed by atoms with van der Waals surface area (Å²) in [4.78, 5) is 0. The van der Waals surface area contributed by atoms with E-state index in [0.29, 0.717) is 0 Å². The first-order valence-corrected chi connectivity index (χ1v) is 2.84. The van der Waals surface area contributed by atoms with Crippen molar-refractivity contribution in [2.24, 2.45) is 0 Å². The largest absolute Gasteiger partial charge is 2.00 e. The standard InChI is InChI=1S/CF3O3S.CF3.Ni/c2-1(3,4)7-8(5)6;2-1(3)4;/q2*-1;+2. The molecule has 0 aliphatic rings. The molecule has 11 heteroatoms. The van der Waals surface area contributed by atoms with Crippen LogP contribution in [0.2, 0.25) is 0 Å². The summed E-state index contributed by atoms with van der Waals surface area (Å²) >= 11 is 0. The van der Waals surface area contributed by atoms with E-state index in [-0.39, 0.29) is 16.5 Å². The van der Waals surface area contributed by atoms with Gasteiger partial charge in [-0.15, -0.1) is 13.2 Å². The van der Waals surface area contributed by atoms with Gasteiger partial charge in [-0.25, -0.2) is 0 Å². The summed E-state index contributed by atoms with van der Waals surface area (Å²) in [5, 5.41) is 0. The Kier molecular flexibility index (Phi) is 12.3. The van der Waals surface area contributed by atoms with Gasteiger partial charge >= 0.3 is 22.9 Å². The second-order valence-electron chi connectivity index (χ2n) is 0.947. The van der Waals surface area contributed by atoms with Gasteiger partial charge in [0.05, 0.1) is 11.0 Å². The Bertz CT molecular complexity index is 166. The summed E-state index contributed by atoms with van der Waals surface area (Å²) in [6, 6.07) is 0. The normalized spacial score (nSPS) is 10.5. The number of hydrogen-bond acceptors (Lipinski definition) is 4. The third-order valence-electron chi connectivity index (χ3n) is 0.163. The quantitative estimate of drug-likeness (QED) is 0.319. The van der Waals surface area contributed by atoms with Crippen LogP contribution in [0.1, 0.15) is 0 Å². The molecule has 0 amide bonds. The Morgan fingerprint density at radius 1 is 1.08 bits per heavy atom. The molecule has 0 N–H and O–H groups in total. The van der Waals surface area contributed by atoms with Crippen molar-refractivity contribution in [1.82, 2.24) is 0 Å². The van der Waals surface area contributed by atoms with Gasteiger partial charge < -0.3 is 25.8 Å². The SMILES string of the molecule is F[C-](F)F.O=[S-](=O)OC(F)(F)F.[Ni+2]. The third-order valence-corrected chi connectivity index (χ3v) is 0.488. The van der Waals surface area contributed by atoms with E-state index in [0.717, 1.165) is 0 Å². The van der Waals surface area contributed by atoms with Gasteiger partial charge in [0.2, 0.25) is 0 Å². The van der Waals surface area contributed by atoms with Gasteiger partial charge in [0.15, 0.2) is 6.68 Å². The molecule has 0 unspecified atom stereocenters. The van der Waals surface area contributed by atoms with Gasteiger partial charge in [-0.05, 0) is 0 Å². The summed E-state index contributed by atoms with van der Waals surface area (Å²) in [5.74, 6) is 0. The molecule has 13 heavy (non-hydrogen) atoms. The van der Waals surface area contributed by atoms with Gasteiger partial charge in [-0.1, -0.05) is 0 Å². The van der Waals surface area contributed by atoms with Crippen LogP contribution in [0.5, 0.6) is 0 Å². The van der Waals surface area contributed by atoms with Gasteiger partial charge in [0, 0.05) is 0 Å². The average Bonchev–Trinajstić information content (AvgIpc) is 1.52. The van der Waals surface area contributed by atoms with E-state index in [4.69, 9.17) is 8.42 Å². The summed E-state index contributed by atoms with van der Waals surface area (Å²) in [7, 11) is -3.51. The van der Waals surface area contributed by atoms with Crippen LogP contribution in [0.4, 0.5) is 26.3 Å². The van der Waals surface area contributed by atoms with E-state index in [1.165, 1.54) is 0 Å². The summed E-state index contributed by atoms with van der Waals surface area (Å²) < 4.78 is 81.3. The van der Waals surface area contributed by atoms with Crippen LogP contribution in [0.15, 0.2) is 0 Å². The molecule has 0 aromatic carbocycles. The van der Waals surface area contributed by atoms with Crippen LogP contribution in [-0.2, 0) is 40.1 Å². The van der Waals surface area contributed by atoms with Crippen molar-refractivity contribution in [2.45, 2.75) is 6.36 Å². The van der Waals surface area contributed by atoms with Crippen molar-refractivity contribution in [3.05, 3.63) is 6.68 Å². The first-order valence-electron chi connectivity index (χ1n) is 1.84. The van der Waals surface area contributed by atoms with Gasteiger partial charge in [0.1, 0.15) is 0 Å². The number of alkyl halides is 3. The zero-order valence-electron chi connectivity index (χ0n) is 5.22. The molecule has 0 spiro atoms. The van der Waals surface area contributed by atoms with Gasteiger partial charge in [-0.2, -0.15) is 0 Å². The van der Waals surface area contributed by atoms with E-state index in [9.17, 15) is 26.3 Å². The monoisotopic (exact) mass is 276 g/mol. The Labute approximate surface area is 80.1 Å². The molecule has 0 saturated carbocycles. The van der Waals surface area contributed by atoms with Crippen LogP contribution in [0.25, 0.3) is 0 Å². The Hall–Kier alpha value is -0.0165. The van der Waals surface area contributed by atoms with Crippen LogP contribution in [-0.4, -0.2) is 6.36 Å². The third kappa shape index (κ3) is 48.1. The fourth-order valence-corrected chi connectivity index (χ4v) is 0.231.